The summed E-state index contributed by atoms with van der Waals surface area (Å²) in [5, 5.41) is 31.2. The summed E-state index contributed by atoms with van der Waals surface area (Å²) in [6.45, 7) is 1.78. The third kappa shape index (κ3) is 4.43. The summed E-state index contributed by atoms with van der Waals surface area (Å²) < 4.78 is 16.0. The first kappa shape index (κ1) is 29.4. The number of rotatable bonds is 5. The normalized spacial score (nSPS) is 32.7. The lowest BCUT2D eigenvalue weighted by atomic mass is 9.52. The van der Waals surface area contributed by atoms with Crippen molar-refractivity contribution in [3.05, 3.63) is 28.6 Å². The van der Waals surface area contributed by atoms with Crippen LogP contribution in [0.3, 0.4) is 0 Å². The van der Waals surface area contributed by atoms with Gasteiger partial charge in [-0.2, -0.15) is 0 Å². The van der Waals surface area contributed by atoms with Gasteiger partial charge in [0.05, 0.1) is 23.2 Å². The Hall–Kier alpha value is -3.06. The number of likely N-dealkylation sites (tertiary alicyclic amines) is 1. The highest BCUT2D eigenvalue weighted by Gasteiger charge is 2.67. The monoisotopic (exact) mass is 571 g/mol. The second-order valence-electron chi connectivity index (χ2n) is 12.5. The molecule has 1 aromatic rings. The van der Waals surface area contributed by atoms with E-state index in [-0.39, 0.29) is 36.1 Å². The Morgan fingerprint density at radius 3 is 2.37 bits per heavy atom. The van der Waals surface area contributed by atoms with Gasteiger partial charge in [0.25, 0.3) is 0 Å². The number of phenols is 1. The van der Waals surface area contributed by atoms with Crippen LogP contribution < -0.4 is 5.73 Å². The van der Waals surface area contributed by atoms with Gasteiger partial charge in [-0.25, -0.2) is 4.39 Å². The number of carbonyl (C=O) groups is 4. The summed E-state index contributed by atoms with van der Waals surface area (Å²) in [6.07, 6.45) is 1.76. The number of likely N-dealkylation sites (N-methyl/N-ethyl adjacent to an activating group) is 1. The summed E-state index contributed by atoms with van der Waals surface area (Å²) >= 11 is 0. The standard InChI is InChI=1S/C29H38FN5O6/c1-33(2)15-5-7-35(8-6-15)12-14-11-18(36)20-16(22(14)30)9-13-10-17-23(34(3)4)25(38)21(28(32)40)26(31)29(17,41)27(39)19(13)24(20)37/h11,13,15,17,19,21,23,31,36,41H,5-10,12H2,1-4H3,(H2,32,40). The number of hydrogen-bond donors (Lipinski definition) is 4. The van der Waals surface area contributed by atoms with E-state index in [0.29, 0.717) is 6.04 Å². The molecule has 3 aliphatic carbocycles. The van der Waals surface area contributed by atoms with Crippen molar-refractivity contribution in [1.82, 2.24) is 14.7 Å². The van der Waals surface area contributed by atoms with Gasteiger partial charge in [-0.15, -0.1) is 0 Å². The number of aromatic hydroxyl groups is 1. The van der Waals surface area contributed by atoms with E-state index in [2.05, 4.69) is 9.80 Å². The van der Waals surface area contributed by atoms with Crippen molar-refractivity contribution in [3.8, 4) is 5.75 Å². The summed E-state index contributed by atoms with van der Waals surface area (Å²) in [5.74, 6) is -9.90. The minimum Gasteiger partial charge on any atom is -0.507 e. The highest BCUT2D eigenvalue weighted by molar-refractivity contribution is 6.33. The number of fused-ring (bicyclic) bond motifs is 3. The van der Waals surface area contributed by atoms with Crippen LogP contribution in [0.1, 0.15) is 40.7 Å². The van der Waals surface area contributed by atoms with E-state index in [4.69, 9.17) is 11.1 Å². The number of benzene rings is 1. The second-order valence-corrected chi connectivity index (χ2v) is 12.5. The van der Waals surface area contributed by atoms with E-state index in [0.717, 1.165) is 25.9 Å². The molecule has 12 heteroatoms. The largest absolute Gasteiger partial charge is 0.507 e. The summed E-state index contributed by atoms with van der Waals surface area (Å²) in [5.41, 5.74) is 2.00. The molecule has 0 aromatic heterocycles. The van der Waals surface area contributed by atoms with Crippen molar-refractivity contribution in [2.75, 3.05) is 41.3 Å². The molecule has 1 amide bonds. The Kier molecular flexibility index (Phi) is 7.42. The number of hydrogen-bond acceptors (Lipinski definition) is 10. The molecule has 0 radical (unpaired) electrons. The molecular formula is C29H38FN5O6. The van der Waals surface area contributed by atoms with E-state index in [1.54, 1.807) is 14.1 Å². The van der Waals surface area contributed by atoms with Gasteiger partial charge in [0.2, 0.25) is 5.91 Å². The molecule has 1 aliphatic heterocycles. The van der Waals surface area contributed by atoms with Crippen LogP contribution in [0.5, 0.6) is 5.75 Å². The molecule has 3 fully saturated rings. The third-order valence-corrected chi connectivity index (χ3v) is 9.81. The number of halogens is 1. The number of carbonyl (C=O) groups excluding carboxylic acids is 4. The number of primary amides is 1. The van der Waals surface area contributed by atoms with Gasteiger partial charge in [-0.05, 0) is 78.9 Å². The Morgan fingerprint density at radius 2 is 1.80 bits per heavy atom. The maximum absolute atomic E-state index is 16.0. The van der Waals surface area contributed by atoms with Gasteiger partial charge in [0, 0.05) is 29.6 Å². The lowest BCUT2D eigenvalue weighted by molar-refractivity contribution is -0.157. The molecule has 41 heavy (non-hydrogen) atoms. The van der Waals surface area contributed by atoms with E-state index in [9.17, 15) is 29.4 Å². The predicted molar refractivity (Wildman–Crippen MR) is 146 cm³/mol. The maximum Gasteiger partial charge on any atom is 0.233 e. The van der Waals surface area contributed by atoms with Crippen molar-refractivity contribution in [2.45, 2.75) is 49.9 Å². The molecule has 5 N–H and O–H groups in total. The first-order valence-corrected chi connectivity index (χ1v) is 14.0. The summed E-state index contributed by atoms with van der Waals surface area (Å²) in [7, 11) is 7.18. The minimum atomic E-state index is -2.58. The first-order valence-electron chi connectivity index (χ1n) is 14.0. The lowest BCUT2D eigenvalue weighted by Crippen LogP contribution is -2.73. The van der Waals surface area contributed by atoms with E-state index < -0.39 is 75.8 Å². The molecule has 0 bridgehead atoms. The van der Waals surface area contributed by atoms with Crippen LogP contribution in [0, 0.1) is 34.9 Å². The number of piperidine rings is 1. The van der Waals surface area contributed by atoms with Gasteiger partial charge >= 0.3 is 0 Å². The van der Waals surface area contributed by atoms with Crippen LogP contribution in [-0.2, 0) is 27.3 Å². The van der Waals surface area contributed by atoms with Crippen molar-refractivity contribution in [2.24, 2.45) is 29.4 Å². The highest BCUT2D eigenvalue weighted by atomic mass is 19.1. The van der Waals surface area contributed by atoms with E-state index in [1.807, 2.05) is 14.1 Å². The molecule has 6 unspecified atom stereocenters. The molecule has 1 saturated heterocycles. The lowest BCUT2D eigenvalue weighted by Gasteiger charge is -2.53. The zero-order chi connectivity index (χ0) is 30.1. The molecule has 2 saturated carbocycles. The second kappa shape index (κ2) is 10.3. The van der Waals surface area contributed by atoms with Crippen LogP contribution in [0.2, 0.25) is 0 Å². The smallest absolute Gasteiger partial charge is 0.233 e. The molecule has 222 valence electrons. The van der Waals surface area contributed by atoms with Crippen molar-refractivity contribution < 1.29 is 33.8 Å². The number of nitrogens with one attached hydrogen (secondary N) is 1. The van der Waals surface area contributed by atoms with Crippen LogP contribution in [-0.4, -0.2) is 113 Å². The number of nitrogens with two attached hydrogens (primary N) is 1. The number of ketones is 3. The van der Waals surface area contributed by atoms with Crippen LogP contribution in [0.25, 0.3) is 0 Å². The molecular weight excluding hydrogens is 533 g/mol. The number of phenolic OH excluding ortho intramolecular Hbond substituents is 1. The average Bonchev–Trinajstić information content (AvgIpc) is 2.89. The van der Waals surface area contributed by atoms with Crippen LogP contribution >= 0.6 is 0 Å². The molecule has 11 nitrogen and oxygen atoms in total. The SMILES string of the molecule is CN(C)C1CCN(Cc2cc(O)c3c(c2F)CC2CC4C(N(C)C)C(=O)C(C(N)=O)C(=N)C4(O)C(=O)C2C3=O)CC1. The summed E-state index contributed by atoms with van der Waals surface area (Å²) in [6, 6.07) is 0.562. The van der Waals surface area contributed by atoms with Gasteiger partial charge in [-0.1, -0.05) is 0 Å². The topological polar surface area (TPSA) is 168 Å². The van der Waals surface area contributed by atoms with E-state index >= 15 is 4.39 Å². The molecule has 0 spiro atoms. The fraction of sp³-hybridized carbons (Fsp3) is 0.621. The minimum absolute atomic E-state index is 0.0290. The molecule has 1 aromatic carbocycles. The maximum atomic E-state index is 16.0. The fourth-order valence-electron chi connectivity index (χ4n) is 7.71. The Bertz CT molecular complexity index is 1340. The molecule has 5 rings (SSSR count). The number of amides is 1. The van der Waals surface area contributed by atoms with Gasteiger partial charge in [0.1, 0.15) is 17.5 Å². The molecule has 6 atom stereocenters. The Labute approximate surface area is 238 Å². The average molecular weight is 572 g/mol. The Morgan fingerprint density at radius 1 is 1.17 bits per heavy atom. The highest BCUT2D eigenvalue weighted by Crippen LogP contribution is 2.51. The van der Waals surface area contributed by atoms with Crippen molar-refractivity contribution in [1.29, 1.82) is 5.41 Å². The molecule has 4 aliphatic rings. The number of Topliss-reactive ketones (excluding diaryl/α,β-unsaturated/α-hetero) is 3. The van der Waals surface area contributed by atoms with Crippen LogP contribution in [0.4, 0.5) is 4.39 Å². The third-order valence-electron chi connectivity index (χ3n) is 9.81. The van der Waals surface area contributed by atoms with Crippen LogP contribution in [0.15, 0.2) is 6.07 Å². The zero-order valence-electron chi connectivity index (χ0n) is 23.8. The fourth-order valence-corrected chi connectivity index (χ4v) is 7.71. The zero-order valence-corrected chi connectivity index (χ0v) is 23.8. The number of nitrogens with zero attached hydrogens (tertiary/aromatic N) is 3. The van der Waals surface area contributed by atoms with E-state index in [1.165, 1.54) is 11.0 Å². The van der Waals surface area contributed by atoms with Gasteiger partial charge in [-0.3, -0.25) is 29.0 Å². The molecule has 1 heterocycles. The first-order chi connectivity index (χ1) is 19.2. The Balaban J connectivity index is 1.50. The number of aliphatic hydroxyl groups is 1. The van der Waals surface area contributed by atoms with Crippen molar-refractivity contribution in [3.63, 3.8) is 0 Å². The van der Waals surface area contributed by atoms with Gasteiger partial charge in [0.15, 0.2) is 23.0 Å². The van der Waals surface area contributed by atoms with Gasteiger partial charge < -0.3 is 26.3 Å². The summed E-state index contributed by atoms with van der Waals surface area (Å²) in [4.78, 5) is 58.8. The van der Waals surface area contributed by atoms with Crippen molar-refractivity contribution >= 4 is 29.0 Å². The predicted octanol–water partition coefficient (Wildman–Crippen LogP) is -0.0172. The quantitative estimate of drug-likeness (QED) is 0.355.